The minimum Gasteiger partial charge on any atom is -0.458 e. The molecular formula is C10H18O7. The lowest BCUT2D eigenvalue weighted by atomic mass is 10.1. The molecule has 0 spiro atoms. The van der Waals surface area contributed by atoms with Crippen LogP contribution in [0.25, 0.3) is 0 Å². The molecule has 3 atom stereocenters. The molecule has 0 saturated heterocycles. The van der Waals surface area contributed by atoms with E-state index in [-0.39, 0.29) is 13.0 Å². The second-order valence-electron chi connectivity index (χ2n) is 3.48. The van der Waals surface area contributed by atoms with Crippen LogP contribution < -0.4 is 0 Å². The fourth-order valence-electron chi connectivity index (χ4n) is 1.33. The quantitative estimate of drug-likeness (QED) is 0.475. The summed E-state index contributed by atoms with van der Waals surface area (Å²) in [5.41, 5.74) is 0. The summed E-state index contributed by atoms with van der Waals surface area (Å²) in [6.07, 6.45) is -3.58. The number of carbonyl (C=O) groups excluding carboxylic acids is 2. The van der Waals surface area contributed by atoms with Crippen LogP contribution in [0.3, 0.4) is 0 Å². The van der Waals surface area contributed by atoms with Crippen molar-refractivity contribution in [2.75, 3.05) is 13.2 Å². The van der Waals surface area contributed by atoms with E-state index in [4.69, 9.17) is 19.7 Å². The maximum absolute atomic E-state index is 10.9. The third-order valence-electron chi connectivity index (χ3n) is 1.97. The third-order valence-corrected chi connectivity index (χ3v) is 1.97. The van der Waals surface area contributed by atoms with Crippen molar-refractivity contribution in [1.82, 2.24) is 0 Å². The van der Waals surface area contributed by atoms with Crippen LogP contribution >= 0.6 is 0 Å². The molecule has 0 aromatic heterocycles. The maximum atomic E-state index is 10.9. The highest BCUT2D eigenvalue weighted by Crippen LogP contribution is 2.13. The molecule has 0 saturated carbocycles. The van der Waals surface area contributed by atoms with Crippen LogP contribution in [0.4, 0.5) is 0 Å². The van der Waals surface area contributed by atoms with Gasteiger partial charge in [-0.1, -0.05) is 0 Å². The summed E-state index contributed by atoms with van der Waals surface area (Å²) in [6.45, 7) is 1.32. The molecule has 3 unspecified atom stereocenters. The first kappa shape index (κ1) is 15.8. The summed E-state index contributed by atoms with van der Waals surface area (Å²) in [7, 11) is 0. The zero-order chi connectivity index (χ0) is 13.4. The topological polar surface area (TPSA) is 113 Å². The number of hydrogen-bond acceptors (Lipinski definition) is 7. The summed E-state index contributed by atoms with van der Waals surface area (Å²) < 4.78 is 9.61. The Morgan fingerprint density at radius 3 is 2.00 bits per heavy atom. The highest BCUT2D eigenvalue weighted by atomic mass is 16.6. The van der Waals surface area contributed by atoms with Gasteiger partial charge in [0.25, 0.3) is 0 Å². The first-order chi connectivity index (χ1) is 7.92. The number of aliphatic hydroxyl groups is 3. The summed E-state index contributed by atoms with van der Waals surface area (Å²) in [5, 5.41) is 27.1. The summed E-state index contributed by atoms with van der Waals surface area (Å²) in [5.74, 6) is -1.32. The average Bonchev–Trinajstić information content (AvgIpc) is 2.23. The van der Waals surface area contributed by atoms with Gasteiger partial charge in [-0.2, -0.15) is 0 Å². The molecule has 17 heavy (non-hydrogen) atoms. The van der Waals surface area contributed by atoms with Crippen molar-refractivity contribution in [3.63, 3.8) is 0 Å². The lowest BCUT2D eigenvalue weighted by Gasteiger charge is -2.28. The molecule has 7 heteroatoms. The van der Waals surface area contributed by atoms with E-state index < -0.39 is 36.9 Å². The fourth-order valence-corrected chi connectivity index (χ4v) is 1.33. The van der Waals surface area contributed by atoms with Crippen molar-refractivity contribution in [2.24, 2.45) is 0 Å². The lowest BCUT2D eigenvalue weighted by Crippen LogP contribution is -2.45. The van der Waals surface area contributed by atoms with E-state index in [9.17, 15) is 14.7 Å². The van der Waals surface area contributed by atoms with Crippen LogP contribution in [0.1, 0.15) is 20.3 Å². The van der Waals surface area contributed by atoms with Crippen LogP contribution in [0.5, 0.6) is 0 Å². The van der Waals surface area contributed by atoms with E-state index in [0.717, 1.165) is 13.8 Å². The molecule has 3 N–H and O–H groups in total. The first-order valence-corrected chi connectivity index (χ1v) is 5.16. The molecule has 0 aromatic rings. The van der Waals surface area contributed by atoms with E-state index in [2.05, 4.69) is 0 Å². The fraction of sp³-hybridized carbons (Fsp3) is 0.800. The second kappa shape index (κ2) is 7.99. The second-order valence-corrected chi connectivity index (χ2v) is 3.48. The molecule has 0 bridgehead atoms. The molecule has 0 heterocycles. The minimum atomic E-state index is -1.38. The third kappa shape index (κ3) is 6.20. The van der Waals surface area contributed by atoms with E-state index in [1.54, 1.807) is 0 Å². The Labute approximate surface area is 99.0 Å². The van der Waals surface area contributed by atoms with Gasteiger partial charge in [-0.15, -0.1) is 0 Å². The van der Waals surface area contributed by atoms with Gasteiger partial charge in [0.1, 0.15) is 12.2 Å². The van der Waals surface area contributed by atoms with Crippen molar-refractivity contribution in [1.29, 1.82) is 0 Å². The molecule has 0 radical (unpaired) electrons. The van der Waals surface area contributed by atoms with Crippen LogP contribution in [0.2, 0.25) is 0 Å². The van der Waals surface area contributed by atoms with Crippen molar-refractivity contribution in [3.8, 4) is 0 Å². The van der Waals surface area contributed by atoms with Crippen LogP contribution in [0.15, 0.2) is 0 Å². The number of aliphatic hydroxyl groups excluding tert-OH is 3. The average molecular weight is 250 g/mol. The van der Waals surface area contributed by atoms with E-state index in [1.807, 2.05) is 0 Å². The zero-order valence-electron chi connectivity index (χ0n) is 9.83. The molecule has 0 aliphatic heterocycles. The first-order valence-electron chi connectivity index (χ1n) is 5.16. The predicted octanol–water partition coefficient (Wildman–Crippen LogP) is -1.41. The summed E-state index contributed by atoms with van der Waals surface area (Å²) >= 11 is 0. The maximum Gasteiger partial charge on any atom is 0.303 e. The zero-order valence-corrected chi connectivity index (χ0v) is 9.83. The largest absolute Gasteiger partial charge is 0.458 e. The normalized spacial score (nSPS) is 15.8. The van der Waals surface area contributed by atoms with Gasteiger partial charge in [-0.25, -0.2) is 0 Å². The minimum absolute atomic E-state index is 0.00537. The predicted molar refractivity (Wildman–Crippen MR) is 55.9 cm³/mol. The van der Waals surface area contributed by atoms with E-state index in [1.165, 1.54) is 0 Å². The number of hydrogen-bond donors (Lipinski definition) is 3. The van der Waals surface area contributed by atoms with Crippen molar-refractivity contribution >= 4 is 11.9 Å². The molecule has 0 aliphatic rings. The Hall–Kier alpha value is -1.18. The van der Waals surface area contributed by atoms with Crippen molar-refractivity contribution in [3.05, 3.63) is 0 Å². The number of rotatable bonds is 7. The van der Waals surface area contributed by atoms with Crippen LogP contribution in [0, 0.1) is 0 Å². The highest BCUT2D eigenvalue weighted by Gasteiger charge is 2.32. The molecule has 0 amide bonds. The SMILES string of the molecule is CC(=O)OC(CCO)C(OC(C)=O)C(O)CO. The Kier molecular flexibility index (Phi) is 7.44. The molecule has 0 fully saturated rings. The molecule has 7 nitrogen and oxygen atoms in total. The van der Waals surface area contributed by atoms with E-state index in [0.29, 0.717) is 0 Å². The number of carbonyl (C=O) groups is 2. The summed E-state index contributed by atoms with van der Waals surface area (Å²) in [4.78, 5) is 21.7. The molecule has 0 rings (SSSR count). The molecule has 100 valence electrons. The van der Waals surface area contributed by atoms with Gasteiger partial charge >= 0.3 is 11.9 Å². The number of ether oxygens (including phenoxy) is 2. The van der Waals surface area contributed by atoms with Gasteiger partial charge in [0.15, 0.2) is 6.10 Å². The van der Waals surface area contributed by atoms with Gasteiger partial charge in [-0.05, 0) is 0 Å². The number of esters is 2. The van der Waals surface area contributed by atoms with Gasteiger partial charge in [-0.3, -0.25) is 9.59 Å². The van der Waals surface area contributed by atoms with Crippen molar-refractivity contribution < 1.29 is 34.4 Å². The standard InChI is InChI=1S/C10H18O7/c1-6(13)16-9(3-4-11)10(8(15)5-12)17-7(2)14/h8-12,15H,3-5H2,1-2H3. The molecule has 0 aliphatic carbocycles. The molecular weight excluding hydrogens is 232 g/mol. The summed E-state index contributed by atoms with van der Waals surface area (Å²) in [6, 6.07) is 0. The van der Waals surface area contributed by atoms with Crippen molar-refractivity contribution in [2.45, 2.75) is 38.6 Å². The highest BCUT2D eigenvalue weighted by molar-refractivity contribution is 5.67. The Morgan fingerprint density at radius 2 is 1.65 bits per heavy atom. The van der Waals surface area contributed by atoms with Crippen LogP contribution in [-0.4, -0.2) is 58.8 Å². The van der Waals surface area contributed by atoms with Gasteiger partial charge < -0.3 is 24.8 Å². The van der Waals surface area contributed by atoms with Gasteiger partial charge in [0, 0.05) is 26.9 Å². The Bertz CT molecular complexity index is 253. The van der Waals surface area contributed by atoms with Crippen LogP contribution in [-0.2, 0) is 19.1 Å². The smallest absolute Gasteiger partial charge is 0.303 e. The van der Waals surface area contributed by atoms with Gasteiger partial charge in [0.05, 0.1) is 6.61 Å². The lowest BCUT2D eigenvalue weighted by molar-refractivity contribution is -0.178. The molecule has 0 aromatic carbocycles. The Morgan fingerprint density at radius 1 is 1.12 bits per heavy atom. The Balaban J connectivity index is 4.77. The monoisotopic (exact) mass is 250 g/mol. The van der Waals surface area contributed by atoms with E-state index >= 15 is 0 Å². The van der Waals surface area contributed by atoms with Gasteiger partial charge in [0.2, 0.25) is 0 Å².